The molecule has 1 unspecified atom stereocenters. The predicted octanol–water partition coefficient (Wildman–Crippen LogP) is 1.47. The second kappa shape index (κ2) is 5.83. The van der Waals surface area contributed by atoms with Crippen LogP contribution in [-0.2, 0) is 4.74 Å². The lowest BCUT2D eigenvalue weighted by atomic mass is 9.85. The van der Waals surface area contributed by atoms with E-state index < -0.39 is 0 Å². The van der Waals surface area contributed by atoms with E-state index in [1.165, 1.54) is 32.4 Å². The Labute approximate surface area is 94.0 Å². The summed E-state index contributed by atoms with van der Waals surface area (Å²) in [4.78, 5) is 2.48. The van der Waals surface area contributed by atoms with Crippen LogP contribution in [0.2, 0.25) is 0 Å². The van der Waals surface area contributed by atoms with Crippen molar-refractivity contribution in [3.63, 3.8) is 0 Å². The molecule has 0 aliphatic carbocycles. The van der Waals surface area contributed by atoms with Crippen molar-refractivity contribution in [1.29, 1.82) is 0 Å². The summed E-state index contributed by atoms with van der Waals surface area (Å²) < 4.78 is 5.07. The highest BCUT2D eigenvalue weighted by Crippen LogP contribution is 2.29. The molecule has 1 aliphatic rings. The molecule has 1 saturated heterocycles. The molecule has 90 valence electrons. The summed E-state index contributed by atoms with van der Waals surface area (Å²) in [6.45, 7) is 8.76. The van der Waals surface area contributed by atoms with Gasteiger partial charge in [0.05, 0.1) is 6.61 Å². The predicted molar refractivity (Wildman–Crippen MR) is 63.9 cm³/mol. The molecule has 1 aliphatic heterocycles. The zero-order valence-corrected chi connectivity index (χ0v) is 10.5. The van der Waals surface area contributed by atoms with Crippen molar-refractivity contribution in [2.75, 3.05) is 33.4 Å². The summed E-state index contributed by atoms with van der Waals surface area (Å²) in [7, 11) is 1.71. The summed E-state index contributed by atoms with van der Waals surface area (Å²) >= 11 is 0. The third kappa shape index (κ3) is 4.96. The van der Waals surface area contributed by atoms with Crippen molar-refractivity contribution in [3.05, 3.63) is 0 Å². The summed E-state index contributed by atoms with van der Waals surface area (Å²) in [6, 6.07) is 0.163. The summed E-state index contributed by atoms with van der Waals surface area (Å²) in [5, 5.41) is 0. The van der Waals surface area contributed by atoms with Gasteiger partial charge in [-0.3, -0.25) is 0 Å². The van der Waals surface area contributed by atoms with Gasteiger partial charge in [0.2, 0.25) is 0 Å². The third-order valence-electron chi connectivity index (χ3n) is 3.31. The minimum atomic E-state index is 0.163. The van der Waals surface area contributed by atoms with Crippen LogP contribution in [-0.4, -0.2) is 44.3 Å². The molecule has 0 aromatic rings. The monoisotopic (exact) mass is 214 g/mol. The summed E-state index contributed by atoms with van der Waals surface area (Å²) in [5.74, 6) is 0. The molecular formula is C12H26N2O. The van der Waals surface area contributed by atoms with Crippen LogP contribution in [0.5, 0.6) is 0 Å². The first kappa shape index (κ1) is 12.9. The van der Waals surface area contributed by atoms with E-state index in [2.05, 4.69) is 18.7 Å². The number of nitrogens with two attached hydrogens (primary N) is 1. The highest BCUT2D eigenvalue weighted by atomic mass is 16.5. The van der Waals surface area contributed by atoms with Crippen molar-refractivity contribution < 1.29 is 4.74 Å². The topological polar surface area (TPSA) is 38.5 Å². The van der Waals surface area contributed by atoms with Crippen LogP contribution in [0.25, 0.3) is 0 Å². The zero-order valence-electron chi connectivity index (χ0n) is 10.5. The maximum absolute atomic E-state index is 5.97. The molecule has 3 heteroatoms. The number of rotatable bonds is 4. The molecule has 0 radical (unpaired) electrons. The Hall–Kier alpha value is -0.120. The molecule has 1 atom stereocenters. The van der Waals surface area contributed by atoms with E-state index >= 15 is 0 Å². The molecule has 1 heterocycles. The fraction of sp³-hybridized carbons (Fsp3) is 1.00. The van der Waals surface area contributed by atoms with Crippen LogP contribution in [0, 0.1) is 5.41 Å². The average molecular weight is 214 g/mol. The van der Waals surface area contributed by atoms with Crippen molar-refractivity contribution in [1.82, 2.24) is 4.90 Å². The quantitative estimate of drug-likeness (QED) is 0.770. The number of methoxy groups -OCH3 is 1. The van der Waals surface area contributed by atoms with E-state index in [9.17, 15) is 0 Å². The first-order valence-corrected chi connectivity index (χ1v) is 6.00. The first-order chi connectivity index (χ1) is 7.03. The maximum Gasteiger partial charge on any atom is 0.0626 e. The molecule has 2 N–H and O–H groups in total. The van der Waals surface area contributed by atoms with Crippen molar-refractivity contribution in [3.8, 4) is 0 Å². The highest BCUT2D eigenvalue weighted by molar-refractivity contribution is 4.78. The van der Waals surface area contributed by atoms with Gasteiger partial charge in [0, 0.05) is 19.7 Å². The van der Waals surface area contributed by atoms with Crippen LogP contribution in [0.1, 0.15) is 33.1 Å². The van der Waals surface area contributed by atoms with Crippen LogP contribution >= 0.6 is 0 Å². The highest BCUT2D eigenvalue weighted by Gasteiger charge is 2.23. The van der Waals surface area contributed by atoms with Crippen molar-refractivity contribution in [2.45, 2.75) is 39.2 Å². The van der Waals surface area contributed by atoms with Gasteiger partial charge in [-0.1, -0.05) is 13.8 Å². The lowest BCUT2D eigenvalue weighted by Gasteiger charge is -2.25. The van der Waals surface area contributed by atoms with E-state index in [1.807, 2.05) is 0 Å². The average Bonchev–Trinajstić information content (AvgIpc) is 2.28. The third-order valence-corrected chi connectivity index (χ3v) is 3.31. The Kier molecular flexibility index (Phi) is 5.03. The molecule has 0 spiro atoms. The summed E-state index contributed by atoms with van der Waals surface area (Å²) in [5.41, 5.74) is 6.48. The molecule has 15 heavy (non-hydrogen) atoms. The number of hydrogen-bond acceptors (Lipinski definition) is 3. The SMILES string of the molecule is COCC(N)CN1CCCC(C)(C)CC1. The van der Waals surface area contributed by atoms with Gasteiger partial charge in [0.15, 0.2) is 0 Å². The van der Waals surface area contributed by atoms with Gasteiger partial charge in [-0.05, 0) is 37.8 Å². The van der Waals surface area contributed by atoms with Crippen LogP contribution < -0.4 is 5.73 Å². The van der Waals surface area contributed by atoms with Gasteiger partial charge in [0.1, 0.15) is 0 Å². The van der Waals surface area contributed by atoms with Gasteiger partial charge in [0.25, 0.3) is 0 Å². The van der Waals surface area contributed by atoms with Gasteiger partial charge >= 0.3 is 0 Å². The fourth-order valence-corrected chi connectivity index (χ4v) is 2.26. The molecule has 1 fully saturated rings. The zero-order chi connectivity index (χ0) is 11.3. The number of hydrogen-bond donors (Lipinski definition) is 1. The Morgan fingerprint density at radius 1 is 1.33 bits per heavy atom. The molecule has 0 aromatic heterocycles. The van der Waals surface area contributed by atoms with E-state index in [0.29, 0.717) is 12.0 Å². The fourth-order valence-electron chi connectivity index (χ4n) is 2.26. The van der Waals surface area contributed by atoms with Crippen molar-refractivity contribution in [2.24, 2.45) is 11.1 Å². The molecule has 0 amide bonds. The van der Waals surface area contributed by atoms with Crippen LogP contribution in [0.3, 0.4) is 0 Å². The van der Waals surface area contributed by atoms with Crippen molar-refractivity contribution >= 4 is 0 Å². The Morgan fingerprint density at radius 3 is 2.73 bits per heavy atom. The van der Waals surface area contributed by atoms with E-state index in [-0.39, 0.29) is 6.04 Å². The Bertz CT molecular complexity index is 182. The first-order valence-electron chi connectivity index (χ1n) is 6.00. The lowest BCUT2D eigenvalue weighted by molar-refractivity contribution is 0.153. The van der Waals surface area contributed by atoms with Gasteiger partial charge in [-0.15, -0.1) is 0 Å². The van der Waals surface area contributed by atoms with E-state index in [4.69, 9.17) is 10.5 Å². The Morgan fingerprint density at radius 2 is 2.07 bits per heavy atom. The Balaban J connectivity index is 2.31. The molecule has 0 saturated carbocycles. The minimum absolute atomic E-state index is 0.163. The second-order valence-electron chi connectivity index (χ2n) is 5.53. The molecular weight excluding hydrogens is 188 g/mol. The summed E-state index contributed by atoms with van der Waals surface area (Å²) in [6.07, 6.45) is 3.92. The van der Waals surface area contributed by atoms with Crippen LogP contribution in [0.15, 0.2) is 0 Å². The normalized spacial score (nSPS) is 24.8. The van der Waals surface area contributed by atoms with Gasteiger partial charge < -0.3 is 15.4 Å². The second-order valence-corrected chi connectivity index (χ2v) is 5.53. The maximum atomic E-state index is 5.97. The number of likely N-dealkylation sites (tertiary alicyclic amines) is 1. The van der Waals surface area contributed by atoms with E-state index in [0.717, 1.165) is 6.54 Å². The smallest absolute Gasteiger partial charge is 0.0626 e. The molecule has 1 rings (SSSR count). The number of nitrogens with zero attached hydrogens (tertiary/aromatic N) is 1. The standard InChI is InChI=1S/C12H26N2O/c1-12(2)5-4-7-14(8-6-12)9-11(13)10-15-3/h11H,4-10,13H2,1-3H3. The largest absolute Gasteiger partial charge is 0.383 e. The molecule has 0 bridgehead atoms. The lowest BCUT2D eigenvalue weighted by Crippen LogP contribution is -2.40. The number of ether oxygens (including phenoxy) is 1. The minimum Gasteiger partial charge on any atom is -0.383 e. The molecule has 0 aromatic carbocycles. The van der Waals surface area contributed by atoms with Gasteiger partial charge in [-0.25, -0.2) is 0 Å². The van der Waals surface area contributed by atoms with Crippen LogP contribution in [0.4, 0.5) is 0 Å². The van der Waals surface area contributed by atoms with Gasteiger partial charge in [-0.2, -0.15) is 0 Å². The van der Waals surface area contributed by atoms with E-state index in [1.54, 1.807) is 7.11 Å². The molecule has 3 nitrogen and oxygen atoms in total.